The molecule has 0 aliphatic heterocycles. The van der Waals surface area contributed by atoms with Crippen LogP contribution in [0.4, 0.5) is 5.69 Å². The van der Waals surface area contributed by atoms with Crippen molar-refractivity contribution in [3.05, 3.63) is 65.3 Å². The van der Waals surface area contributed by atoms with Crippen molar-refractivity contribution in [2.45, 2.75) is 0 Å². The van der Waals surface area contributed by atoms with Gasteiger partial charge in [0.1, 0.15) is 11.3 Å². The van der Waals surface area contributed by atoms with Crippen LogP contribution in [0, 0.1) is 0 Å². The average Bonchev–Trinajstić information content (AvgIpc) is 2.54. The summed E-state index contributed by atoms with van der Waals surface area (Å²) in [6, 6.07) is 13.4. The van der Waals surface area contributed by atoms with E-state index in [1.165, 1.54) is 12.3 Å². The van der Waals surface area contributed by atoms with E-state index < -0.39 is 0 Å². The van der Waals surface area contributed by atoms with E-state index in [1.807, 2.05) is 0 Å². The SMILES string of the molecule is O=C(C=Nc1ccc(O)c2ncccc12)c1cccc(Cl)c1. The molecule has 108 valence electrons. The van der Waals surface area contributed by atoms with Crippen molar-refractivity contribution in [2.24, 2.45) is 4.99 Å². The Morgan fingerprint density at radius 1 is 1.18 bits per heavy atom. The number of aromatic hydroxyl groups is 1. The number of ketones is 1. The van der Waals surface area contributed by atoms with Gasteiger partial charge in [0.15, 0.2) is 0 Å². The van der Waals surface area contributed by atoms with E-state index in [0.717, 1.165) is 0 Å². The molecule has 2 aromatic carbocycles. The molecule has 0 aliphatic carbocycles. The van der Waals surface area contributed by atoms with E-state index >= 15 is 0 Å². The summed E-state index contributed by atoms with van der Waals surface area (Å²) < 4.78 is 0. The van der Waals surface area contributed by atoms with Crippen LogP contribution < -0.4 is 0 Å². The molecule has 22 heavy (non-hydrogen) atoms. The minimum absolute atomic E-state index is 0.0794. The first-order valence-electron chi connectivity index (χ1n) is 6.56. The summed E-state index contributed by atoms with van der Waals surface area (Å²) in [7, 11) is 0. The highest BCUT2D eigenvalue weighted by Crippen LogP contribution is 2.30. The molecule has 0 bridgehead atoms. The first-order valence-corrected chi connectivity index (χ1v) is 6.93. The molecule has 5 heteroatoms. The van der Waals surface area contributed by atoms with Gasteiger partial charge < -0.3 is 5.11 Å². The molecule has 0 amide bonds. The molecule has 1 aromatic heterocycles. The molecule has 0 aliphatic rings. The minimum atomic E-state index is -0.243. The third-order valence-corrected chi connectivity index (χ3v) is 3.39. The Bertz CT molecular complexity index is 891. The van der Waals surface area contributed by atoms with Gasteiger partial charge in [-0.3, -0.25) is 14.8 Å². The second kappa shape index (κ2) is 5.95. The highest BCUT2D eigenvalue weighted by molar-refractivity contribution is 6.37. The van der Waals surface area contributed by atoms with Crippen LogP contribution >= 0.6 is 11.6 Å². The monoisotopic (exact) mass is 310 g/mol. The lowest BCUT2D eigenvalue weighted by atomic mass is 10.1. The lowest BCUT2D eigenvalue weighted by molar-refractivity contribution is 0.107. The summed E-state index contributed by atoms with van der Waals surface area (Å²) >= 11 is 5.87. The van der Waals surface area contributed by atoms with E-state index in [-0.39, 0.29) is 11.5 Å². The van der Waals surface area contributed by atoms with Gasteiger partial charge in [-0.15, -0.1) is 0 Å². The van der Waals surface area contributed by atoms with Crippen molar-refractivity contribution in [1.29, 1.82) is 0 Å². The number of fused-ring (bicyclic) bond motifs is 1. The van der Waals surface area contributed by atoms with E-state index in [9.17, 15) is 9.90 Å². The Morgan fingerprint density at radius 3 is 2.86 bits per heavy atom. The number of benzene rings is 2. The molecule has 0 atom stereocenters. The zero-order valence-electron chi connectivity index (χ0n) is 11.4. The summed E-state index contributed by atoms with van der Waals surface area (Å²) in [5.41, 5.74) is 1.49. The number of phenolic OH excluding ortho intramolecular Hbond substituents is 1. The van der Waals surface area contributed by atoms with Crippen LogP contribution in [0.5, 0.6) is 5.75 Å². The van der Waals surface area contributed by atoms with E-state index in [1.54, 1.807) is 48.7 Å². The third kappa shape index (κ3) is 2.82. The van der Waals surface area contributed by atoms with Crippen LogP contribution in [0.15, 0.2) is 59.7 Å². The van der Waals surface area contributed by atoms with Crippen LogP contribution in [0.2, 0.25) is 5.02 Å². The van der Waals surface area contributed by atoms with E-state index in [4.69, 9.17) is 11.6 Å². The Kier molecular flexibility index (Phi) is 3.85. The fraction of sp³-hybridized carbons (Fsp3) is 0. The van der Waals surface area contributed by atoms with Gasteiger partial charge in [-0.25, -0.2) is 0 Å². The molecular formula is C17H11ClN2O2. The highest BCUT2D eigenvalue weighted by Gasteiger charge is 2.06. The third-order valence-electron chi connectivity index (χ3n) is 3.16. The van der Waals surface area contributed by atoms with Crippen LogP contribution in [-0.2, 0) is 0 Å². The number of nitrogens with zero attached hydrogens (tertiary/aromatic N) is 2. The highest BCUT2D eigenvalue weighted by atomic mass is 35.5. The van der Waals surface area contributed by atoms with Gasteiger partial charge >= 0.3 is 0 Å². The van der Waals surface area contributed by atoms with Gasteiger partial charge in [-0.05, 0) is 36.4 Å². The Labute approximate surface area is 131 Å². The molecule has 3 aromatic rings. The first-order chi connectivity index (χ1) is 10.6. The second-order valence-corrected chi connectivity index (χ2v) is 5.07. The number of rotatable bonds is 3. The number of aromatic nitrogens is 1. The fourth-order valence-electron chi connectivity index (χ4n) is 2.10. The van der Waals surface area contributed by atoms with Gasteiger partial charge in [0, 0.05) is 22.2 Å². The zero-order chi connectivity index (χ0) is 15.5. The van der Waals surface area contributed by atoms with E-state index in [0.29, 0.717) is 27.2 Å². The minimum Gasteiger partial charge on any atom is -0.506 e. The molecule has 0 saturated heterocycles. The molecule has 0 unspecified atom stereocenters. The lowest BCUT2D eigenvalue weighted by Gasteiger charge is -2.03. The van der Waals surface area contributed by atoms with Gasteiger partial charge in [0.25, 0.3) is 0 Å². The Morgan fingerprint density at radius 2 is 2.05 bits per heavy atom. The second-order valence-electron chi connectivity index (χ2n) is 4.64. The van der Waals surface area contributed by atoms with Crippen molar-refractivity contribution < 1.29 is 9.90 Å². The average molecular weight is 311 g/mol. The number of halogens is 1. The molecule has 1 N–H and O–H groups in total. The molecule has 1 heterocycles. The van der Waals surface area contributed by atoms with Crippen molar-refractivity contribution in [3.63, 3.8) is 0 Å². The van der Waals surface area contributed by atoms with Gasteiger partial charge in [0.05, 0.1) is 11.9 Å². The molecular weight excluding hydrogens is 300 g/mol. The quantitative estimate of drug-likeness (QED) is 0.583. The number of phenols is 1. The number of pyridine rings is 1. The maximum Gasteiger partial charge on any atom is 0.204 e. The van der Waals surface area contributed by atoms with Gasteiger partial charge in [0.2, 0.25) is 5.78 Å². The van der Waals surface area contributed by atoms with Crippen LogP contribution in [-0.4, -0.2) is 22.1 Å². The number of Topliss-reactive ketones (excluding diaryl/α,β-unsaturated/α-hetero) is 1. The molecule has 0 spiro atoms. The molecule has 4 nitrogen and oxygen atoms in total. The predicted octanol–water partition coefficient (Wildman–Crippen LogP) is 4.18. The topological polar surface area (TPSA) is 62.5 Å². The zero-order valence-corrected chi connectivity index (χ0v) is 12.2. The maximum atomic E-state index is 12.1. The molecule has 3 rings (SSSR count). The summed E-state index contributed by atoms with van der Waals surface area (Å²) in [5, 5.41) is 11.0. The molecule has 0 saturated carbocycles. The summed E-state index contributed by atoms with van der Waals surface area (Å²) in [6.07, 6.45) is 2.83. The van der Waals surface area contributed by atoms with Crippen molar-refractivity contribution >= 4 is 40.2 Å². The summed E-state index contributed by atoms with van der Waals surface area (Å²) in [6.45, 7) is 0. The van der Waals surface area contributed by atoms with Crippen LogP contribution in [0.25, 0.3) is 10.9 Å². The molecule has 0 fully saturated rings. The number of carbonyl (C=O) groups is 1. The van der Waals surface area contributed by atoms with Crippen LogP contribution in [0.1, 0.15) is 10.4 Å². The number of hydrogen-bond acceptors (Lipinski definition) is 4. The van der Waals surface area contributed by atoms with Crippen molar-refractivity contribution in [1.82, 2.24) is 4.98 Å². The number of hydrogen-bond donors (Lipinski definition) is 1. The standard InChI is InChI=1S/C17H11ClN2O2/c18-12-4-1-3-11(9-12)16(22)10-20-14-6-7-15(21)17-13(14)5-2-8-19-17/h1-10,21H. The van der Waals surface area contributed by atoms with Crippen LogP contribution in [0.3, 0.4) is 0 Å². The smallest absolute Gasteiger partial charge is 0.204 e. The fourth-order valence-corrected chi connectivity index (χ4v) is 2.29. The summed E-state index contributed by atoms with van der Waals surface area (Å²) in [5.74, 6) is -0.164. The maximum absolute atomic E-state index is 12.1. The largest absolute Gasteiger partial charge is 0.506 e. The molecule has 0 radical (unpaired) electrons. The van der Waals surface area contributed by atoms with Crippen molar-refractivity contribution in [2.75, 3.05) is 0 Å². The summed E-state index contributed by atoms with van der Waals surface area (Å²) in [4.78, 5) is 20.4. The Hall–Kier alpha value is -2.72. The number of aliphatic imine (C=N–C) groups is 1. The van der Waals surface area contributed by atoms with Gasteiger partial charge in [-0.1, -0.05) is 23.7 Å². The van der Waals surface area contributed by atoms with Crippen molar-refractivity contribution in [3.8, 4) is 5.75 Å². The predicted molar refractivity (Wildman–Crippen MR) is 87.3 cm³/mol. The Balaban J connectivity index is 1.96. The number of carbonyl (C=O) groups excluding carboxylic acids is 1. The first kappa shape index (κ1) is 14.2. The lowest BCUT2D eigenvalue weighted by Crippen LogP contribution is -1.99. The normalized spacial score (nSPS) is 11.1. The van der Waals surface area contributed by atoms with Gasteiger partial charge in [-0.2, -0.15) is 0 Å². The van der Waals surface area contributed by atoms with E-state index in [2.05, 4.69) is 9.98 Å².